The van der Waals surface area contributed by atoms with Gasteiger partial charge in [0.15, 0.2) is 0 Å². The smallest absolute Gasteiger partial charge is 0.313 e. The van der Waals surface area contributed by atoms with E-state index in [1.807, 2.05) is 0 Å². The molecule has 0 saturated carbocycles. The Labute approximate surface area is 104 Å². The molecule has 0 saturated heterocycles. The van der Waals surface area contributed by atoms with Crippen molar-refractivity contribution in [3.8, 4) is 0 Å². The minimum absolute atomic E-state index is 0.241. The zero-order valence-corrected chi connectivity index (χ0v) is 10.2. The van der Waals surface area contributed by atoms with Crippen LogP contribution in [0.15, 0.2) is 18.2 Å². The Morgan fingerprint density at radius 1 is 1.33 bits per heavy atom. The third-order valence-electron chi connectivity index (χ3n) is 2.25. The highest BCUT2D eigenvalue weighted by Gasteiger charge is 2.14. The van der Waals surface area contributed by atoms with Gasteiger partial charge in [-0.15, -0.1) is 0 Å². The van der Waals surface area contributed by atoms with Crippen LogP contribution in [0.2, 0.25) is 0 Å². The summed E-state index contributed by atoms with van der Waals surface area (Å²) in [5, 5.41) is 4.71. The van der Waals surface area contributed by atoms with Crippen molar-refractivity contribution < 1.29 is 18.7 Å². The van der Waals surface area contributed by atoms with Gasteiger partial charge in [-0.3, -0.25) is 9.59 Å². The lowest BCUT2D eigenvalue weighted by Gasteiger charge is -2.08. The molecule has 1 aromatic carbocycles. The van der Waals surface area contributed by atoms with Gasteiger partial charge >= 0.3 is 11.8 Å². The monoisotopic (exact) mass is 254 g/mol. The number of ether oxygens (including phenoxy) is 1. The molecular weight excluding hydrogens is 239 g/mol. The fraction of sp³-hybridized carbons (Fsp3) is 0.333. The fourth-order valence-corrected chi connectivity index (χ4v) is 1.25. The Kier molecular flexibility index (Phi) is 5.26. The van der Waals surface area contributed by atoms with E-state index in [4.69, 9.17) is 4.74 Å². The van der Waals surface area contributed by atoms with Gasteiger partial charge in [0, 0.05) is 19.3 Å². The minimum atomic E-state index is -0.834. The van der Waals surface area contributed by atoms with Crippen LogP contribution in [0.3, 0.4) is 0 Å². The van der Waals surface area contributed by atoms with E-state index in [1.165, 1.54) is 19.2 Å². The van der Waals surface area contributed by atoms with Crippen molar-refractivity contribution in [3.63, 3.8) is 0 Å². The largest absolute Gasteiger partial charge is 0.383 e. The maximum atomic E-state index is 13.0. The van der Waals surface area contributed by atoms with Crippen molar-refractivity contribution in [1.29, 1.82) is 0 Å². The average Bonchev–Trinajstić information content (AvgIpc) is 2.34. The molecule has 0 radical (unpaired) electrons. The number of anilines is 1. The lowest BCUT2D eigenvalue weighted by Crippen LogP contribution is -2.37. The lowest BCUT2D eigenvalue weighted by atomic mass is 10.2. The minimum Gasteiger partial charge on any atom is -0.383 e. The number of amides is 2. The topological polar surface area (TPSA) is 67.4 Å². The third-order valence-corrected chi connectivity index (χ3v) is 2.25. The van der Waals surface area contributed by atoms with Crippen molar-refractivity contribution in [2.45, 2.75) is 6.92 Å². The normalized spacial score (nSPS) is 9.94. The Hall–Kier alpha value is -1.95. The van der Waals surface area contributed by atoms with Crippen molar-refractivity contribution in [1.82, 2.24) is 5.32 Å². The summed E-state index contributed by atoms with van der Waals surface area (Å²) in [7, 11) is 1.49. The van der Waals surface area contributed by atoms with Crippen LogP contribution in [0.4, 0.5) is 10.1 Å². The average molecular weight is 254 g/mol. The fourth-order valence-electron chi connectivity index (χ4n) is 1.25. The molecule has 5 nitrogen and oxygen atoms in total. The molecule has 0 heterocycles. The van der Waals surface area contributed by atoms with E-state index in [2.05, 4.69) is 10.6 Å². The van der Waals surface area contributed by atoms with Crippen molar-refractivity contribution in [3.05, 3.63) is 29.6 Å². The lowest BCUT2D eigenvalue weighted by molar-refractivity contribution is -0.136. The van der Waals surface area contributed by atoms with Gasteiger partial charge in [0.1, 0.15) is 5.82 Å². The van der Waals surface area contributed by atoms with E-state index in [1.54, 1.807) is 6.92 Å². The molecule has 6 heteroatoms. The maximum Gasteiger partial charge on any atom is 0.313 e. The number of carbonyl (C=O) groups excluding carboxylic acids is 2. The third kappa shape index (κ3) is 4.14. The summed E-state index contributed by atoms with van der Waals surface area (Å²) in [4.78, 5) is 22.8. The van der Waals surface area contributed by atoms with Gasteiger partial charge in [-0.1, -0.05) is 6.07 Å². The second kappa shape index (κ2) is 6.70. The molecule has 0 bridgehead atoms. The molecule has 0 fully saturated rings. The zero-order valence-electron chi connectivity index (χ0n) is 10.2. The van der Waals surface area contributed by atoms with Gasteiger partial charge in [0.05, 0.1) is 6.61 Å². The van der Waals surface area contributed by atoms with Crippen molar-refractivity contribution >= 4 is 17.5 Å². The summed E-state index contributed by atoms with van der Waals surface area (Å²) >= 11 is 0. The predicted molar refractivity (Wildman–Crippen MR) is 64.7 cm³/mol. The first kappa shape index (κ1) is 14.1. The van der Waals surface area contributed by atoms with E-state index >= 15 is 0 Å². The highest BCUT2D eigenvalue weighted by atomic mass is 19.1. The molecule has 18 heavy (non-hydrogen) atoms. The van der Waals surface area contributed by atoms with E-state index in [0.29, 0.717) is 12.2 Å². The van der Waals surface area contributed by atoms with Gasteiger partial charge in [0.2, 0.25) is 0 Å². The van der Waals surface area contributed by atoms with Crippen LogP contribution in [0.1, 0.15) is 5.56 Å². The number of methoxy groups -OCH3 is 1. The number of hydrogen-bond donors (Lipinski definition) is 2. The van der Waals surface area contributed by atoms with E-state index < -0.39 is 17.6 Å². The standard InChI is InChI=1S/C12H15FN2O3/c1-8-3-4-9(13)7-10(8)15-12(17)11(16)14-5-6-18-2/h3-4,7H,5-6H2,1-2H3,(H,14,16)(H,15,17). The van der Waals surface area contributed by atoms with E-state index in [-0.39, 0.29) is 12.2 Å². The van der Waals surface area contributed by atoms with E-state index in [0.717, 1.165) is 6.07 Å². The highest BCUT2D eigenvalue weighted by molar-refractivity contribution is 6.39. The quantitative estimate of drug-likeness (QED) is 0.618. The number of hydrogen-bond acceptors (Lipinski definition) is 3. The summed E-state index contributed by atoms with van der Waals surface area (Å²) in [5.74, 6) is -2.09. The SMILES string of the molecule is COCCNC(=O)C(=O)Nc1cc(F)ccc1C. The van der Waals surface area contributed by atoms with Crippen LogP contribution < -0.4 is 10.6 Å². The van der Waals surface area contributed by atoms with Gasteiger partial charge in [0.25, 0.3) is 0 Å². The Morgan fingerprint density at radius 2 is 2.06 bits per heavy atom. The van der Waals surface area contributed by atoms with Gasteiger partial charge < -0.3 is 15.4 Å². The van der Waals surface area contributed by atoms with Crippen LogP contribution in [0.25, 0.3) is 0 Å². The molecule has 0 aromatic heterocycles. The Bertz CT molecular complexity index is 449. The number of benzene rings is 1. The molecule has 0 spiro atoms. The van der Waals surface area contributed by atoms with Crippen LogP contribution in [-0.4, -0.2) is 32.1 Å². The van der Waals surface area contributed by atoms with Gasteiger partial charge in [-0.2, -0.15) is 0 Å². The summed E-state index contributed by atoms with van der Waals surface area (Å²) in [5.41, 5.74) is 0.955. The summed E-state index contributed by atoms with van der Waals surface area (Å²) < 4.78 is 17.7. The van der Waals surface area contributed by atoms with Crippen molar-refractivity contribution in [2.75, 3.05) is 25.6 Å². The molecule has 0 aliphatic rings. The maximum absolute atomic E-state index is 13.0. The molecule has 98 valence electrons. The van der Waals surface area contributed by atoms with Crippen molar-refractivity contribution in [2.24, 2.45) is 0 Å². The number of aryl methyl sites for hydroxylation is 1. The number of rotatable bonds is 4. The van der Waals surface area contributed by atoms with Crippen LogP contribution in [0, 0.1) is 12.7 Å². The Morgan fingerprint density at radius 3 is 2.72 bits per heavy atom. The molecule has 0 unspecified atom stereocenters. The molecular formula is C12H15FN2O3. The number of halogens is 1. The first-order valence-corrected chi connectivity index (χ1v) is 5.39. The summed E-state index contributed by atoms with van der Waals surface area (Å²) in [6.07, 6.45) is 0. The number of nitrogens with one attached hydrogen (secondary N) is 2. The number of carbonyl (C=O) groups is 2. The van der Waals surface area contributed by atoms with Crippen LogP contribution in [0.5, 0.6) is 0 Å². The van der Waals surface area contributed by atoms with Gasteiger partial charge in [-0.25, -0.2) is 4.39 Å². The van der Waals surface area contributed by atoms with Crippen LogP contribution in [-0.2, 0) is 14.3 Å². The second-order valence-electron chi connectivity index (χ2n) is 3.66. The van der Waals surface area contributed by atoms with Gasteiger partial charge in [-0.05, 0) is 24.6 Å². The molecule has 0 aliphatic carbocycles. The first-order chi connectivity index (χ1) is 8.54. The van der Waals surface area contributed by atoms with Crippen LogP contribution >= 0.6 is 0 Å². The summed E-state index contributed by atoms with van der Waals surface area (Å²) in [6.45, 7) is 2.26. The predicted octanol–water partition coefficient (Wildman–Crippen LogP) is 0.835. The molecule has 2 amide bonds. The first-order valence-electron chi connectivity index (χ1n) is 5.39. The molecule has 1 aromatic rings. The summed E-state index contributed by atoms with van der Waals surface area (Å²) in [6, 6.07) is 3.97. The Balaban J connectivity index is 2.58. The molecule has 1 rings (SSSR count). The second-order valence-corrected chi connectivity index (χ2v) is 3.66. The highest BCUT2D eigenvalue weighted by Crippen LogP contribution is 2.15. The molecule has 0 atom stereocenters. The zero-order chi connectivity index (χ0) is 13.5. The van der Waals surface area contributed by atoms with E-state index in [9.17, 15) is 14.0 Å². The molecule has 2 N–H and O–H groups in total. The molecule has 0 aliphatic heterocycles.